The Kier molecular flexibility index (Phi) is 5.42. The summed E-state index contributed by atoms with van der Waals surface area (Å²) in [7, 11) is 0.971. The number of nitrogens with zero attached hydrogens (tertiary/aromatic N) is 1. The van der Waals surface area contributed by atoms with E-state index in [-0.39, 0.29) is 12.6 Å². The summed E-state index contributed by atoms with van der Waals surface area (Å²) in [6.07, 6.45) is 0. The van der Waals surface area contributed by atoms with Crippen LogP contribution in [0, 0.1) is 0 Å². The van der Waals surface area contributed by atoms with Gasteiger partial charge < -0.3 is 10.5 Å². The zero-order valence-electron chi connectivity index (χ0n) is 8.15. The van der Waals surface area contributed by atoms with Gasteiger partial charge in [0.15, 0.2) is 0 Å². The third-order valence-corrected chi connectivity index (χ3v) is 3.03. The lowest BCUT2D eigenvalue weighted by Gasteiger charge is -2.19. The molecule has 80 valence electrons. The van der Waals surface area contributed by atoms with Crippen LogP contribution in [0.5, 0.6) is 0 Å². The Morgan fingerprint density at radius 1 is 1.62 bits per heavy atom. The molecule has 0 saturated carbocycles. The number of nitrogens with one attached hydrogen (secondary N) is 1. The third-order valence-electron chi connectivity index (χ3n) is 1.54. The van der Waals surface area contributed by atoms with Gasteiger partial charge in [-0.25, -0.2) is 4.72 Å². The molecule has 13 heavy (non-hydrogen) atoms. The molecule has 6 nitrogen and oxygen atoms in total. The summed E-state index contributed by atoms with van der Waals surface area (Å²) in [5.74, 6) is 0. The predicted molar refractivity (Wildman–Crippen MR) is 50.5 cm³/mol. The Labute approximate surface area is 79.2 Å². The fourth-order valence-corrected chi connectivity index (χ4v) is 1.55. The monoisotopic (exact) mass is 211 g/mol. The highest BCUT2D eigenvalue weighted by molar-refractivity contribution is 7.87. The zero-order valence-corrected chi connectivity index (χ0v) is 8.97. The molecule has 0 aromatic rings. The highest BCUT2D eigenvalue weighted by Gasteiger charge is 2.17. The molecule has 0 aromatic heterocycles. The van der Waals surface area contributed by atoms with Gasteiger partial charge in [-0.2, -0.15) is 12.7 Å². The van der Waals surface area contributed by atoms with Crippen LogP contribution in [-0.2, 0) is 14.9 Å². The van der Waals surface area contributed by atoms with Gasteiger partial charge >= 0.3 is 0 Å². The molecule has 7 heteroatoms. The molecule has 0 aliphatic rings. The lowest BCUT2D eigenvalue weighted by molar-refractivity contribution is 0.173. The Morgan fingerprint density at radius 2 is 2.15 bits per heavy atom. The van der Waals surface area contributed by atoms with Crippen molar-refractivity contribution in [2.45, 2.75) is 6.04 Å². The van der Waals surface area contributed by atoms with Crippen LogP contribution in [0.2, 0.25) is 0 Å². The van der Waals surface area contributed by atoms with Crippen LogP contribution < -0.4 is 10.5 Å². The minimum atomic E-state index is -3.36. The molecule has 0 rings (SSSR count). The predicted octanol–water partition coefficient (Wildman–Crippen LogP) is -1.64. The quantitative estimate of drug-likeness (QED) is 0.551. The molecule has 3 N–H and O–H groups in total. The number of nitrogens with two attached hydrogens (primary N) is 1. The van der Waals surface area contributed by atoms with Crippen LogP contribution in [0.3, 0.4) is 0 Å². The van der Waals surface area contributed by atoms with Crippen molar-refractivity contribution in [2.75, 3.05) is 34.4 Å². The largest absolute Gasteiger partial charge is 0.383 e. The highest BCUT2D eigenvalue weighted by atomic mass is 32.2. The second kappa shape index (κ2) is 5.51. The normalized spacial score (nSPS) is 14.8. The summed E-state index contributed by atoms with van der Waals surface area (Å²) in [5, 5.41) is 0. The van der Waals surface area contributed by atoms with Crippen LogP contribution in [0.15, 0.2) is 0 Å². The molecule has 1 unspecified atom stereocenters. The summed E-state index contributed by atoms with van der Waals surface area (Å²) in [4.78, 5) is 0. The van der Waals surface area contributed by atoms with E-state index in [9.17, 15) is 8.42 Å². The van der Waals surface area contributed by atoms with E-state index >= 15 is 0 Å². The standard InChI is InChI=1S/C6H17N3O3S/c1-8-13(10,11)9(2)4-6(7)5-12-3/h6,8H,4-5,7H2,1-3H3. The number of ether oxygens (including phenoxy) is 1. The second-order valence-corrected chi connectivity index (χ2v) is 4.69. The smallest absolute Gasteiger partial charge is 0.278 e. The minimum Gasteiger partial charge on any atom is -0.383 e. The van der Waals surface area contributed by atoms with Crippen molar-refractivity contribution >= 4 is 10.2 Å². The van der Waals surface area contributed by atoms with E-state index < -0.39 is 10.2 Å². The van der Waals surface area contributed by atoms with Crippen molar-refractivity contribution in [3.05, 3.63) is 0 Å². The average molecular weight is 211 g/mol. The van der Waals surface area contributed by atoms with Crippen molar-refractivity contribution in [1.82, 2.24) is 9.03 Å². The van der Waals surface area contributed by atoms with Gasteiger partial charge in [-0.15, -0.1) is 0 Å². The molecular weight excluding hydrogens is 194 g/mol. The van der Waals surface area contributed by atoms with E-state index in [0.29, 0.717) is 6.61 Å². The third kappa shape index (κ3) is 4.53. The van der Waals surface area contributed by atoms with Gasteiger partial charge in [0.1, 0.15) is 0 Å². The van der Waals surface area contributed by atoms with Gasteiger partial charge in [0.05, 0.1) is 6.61 Å². The fourth-order valence-electron chi connectivity index (χ4n) is 0.851. The van der Waals surface area contributed by atoms with Crippen molar-refractivity contribution in [3.63, 3.8) is 0 Å². The number of likely N-dealkylation sites (N-methyl/N-ethyl adjacent to an activating group) is 1. The topological polar surface area (TPSA) is 84.7 Å². The maximum atomic E-state index is 11.2. The average Bonchev–Trinajstić information content (AvgIpc) is 2.04. The summed E-state index contributed by atoms with van der Waals surface area (Å²) >= 11 is 0. The number of hydrogen-bond acceptors (Lipinski definition) is 4. The van der Waals surface area contributed by atoms with E-state index in [1.54, 1.807) is 0 Å². The SMILES string of the molecule is CNS(=O)(=O)N(C)CC(N)COC. The van der Waals surface area contributed by atoms with Crippen LogP contribution in [0.1, 0.15) is 0 Å². The number of hydrogen-bond donors (Lipinski definition) is 2. The van der Waals surface area contributed by atoms with Crippen LogP contribution in [0.4, 0.5) is 0 Å². The van der Waals surface area contributed by atoms with Gasteiger partial charge in [-0.05, 0) is 0 Å². The van der Waals surface area contributed by atoms with Crippen molar-refractivity contribution in [1.29, 1.82) is 0 Å². The molecule has 0 aliphatic heterocycles. The van der Waals surface area contributed by atoms with Gasteiger partial charge in [-0.3, -0.25) is 0 Å². The maximum absolute atomic E-state index is 11.2. The van der Waals surface area contributed by atoms with Crippen LogP contribution in [-0.4, -0.2) is 53.1 Å². The first-order valence-corrected chi connectivity index (χ1v) is 5.27. The molecule has 0 spiro atoms. The fraction of sp³-hybridized carbons (Fsp3) is 1.00. The van der Waals surface area contributed by atoms with E-state index in [4.69, 9.17) is 10.5 Å². The van der Waals surface area contributed by atoms with Crippen molar-refractivity contribution in [2.24, 2.45) is 5.73 Å². The number of rotatable bonds is 6. The van der Waals surface area contributed by atoms with Crippen molar-refractivity contribution in [3.8, 4) is 0 Å². The van der Waals surface area contributed by atoms with Gasteiger partial charge in [0.2, 0.25) is 0 Å². The molecule has 0 bridgehead atoms. The Bertz CT molecular complexity index is 229. The summed E-state index contributed by atoms with van der Waals surface area (Å²) in [6, 6.07) is -0.307. The molecule has 1 atom stereocenters. The molecular formula is C6H17N3O3S. The van der Waals surface area contributed by atoms with Crippen LogP contribution >= 0.6 is 0 Å². The van der Waals surface area contributed by atoms with Gasteiger partial charge in [0.25, 0.3) is 10.2 Å². The summed E-state index contributed by atoms with van der Waals surface area (Å²) < 4.78 is 30.4. The molecule has 0 fully saturated rings. The van der Waals surface area contributed by atoms with Gasteiger partial charge in [0, 0.05) is 33.8 Å². The van der Waals surface area contributed by atoms with Crippen LogP contribution in [0.25, 0.3) is 0 Å². The first kappa shape index (κ1) is 12.8. The Balaban J connectivity index is 4.07. The first-order chi connectivity index (χ1) is 5.94. The van der Waals surface area contributed by atoms with E-state index in [1.807, 2.05) is 0 Å². The van der Waals surface area contributed by atoms with E-state index in [2.05, 4.69) is 4.72 Å². The Hall–Kier alpha value is -0.210. The first-order valence-electron chi connectivity index (χ1n) is 3.83. The summed E-state index contributed by atoms with van der Waals surface area (Å²) in [5.41, 5.74) is 5.58. The van der Waals surface area contributed by atoms with Gasteiger partial charge in [-0.1, -0.05) is 0 Å². The van der Waals surface area contributed by atoms with E-state index in [1.165, 1.54) is 21.2 Å². The Morgan fingerprint density at radius 3 is 2.54 bits per heavy atom. The summed E-state index contributed by atoms with van der Waals surface area (Å²) in [6.45, 7) is 0.570. The molecule has 0 heterocycles. The van der Waals surface area contributed by atoms with E-state index in [0.717, 1.165) is 4.31 Å². The molecule has 0 aliphatic carbocycles. The lowest BCUT2D eigenvalue weighted by Crippen LogP contribution is -2.44. The highest BCUT2D eigenvalue weighted by Crippen LogP contribution is 1.94. The molecule has 0 amide bonds. The maximum Gasteiger partial charge on any atom is 0.278 e. The lowest BCUT2D eigenvalue weighted by atomic mass is 10.3. The minimum absolute atomic E-state index is 0.233. The second-order valence-electron chi connectivity index (χ2n) is 2.71. The molecule has 0 saturated heterocycles. The number of methoxy groups -OCH3 is 1. The molecule has 0 radical (unpaired) electrons. The zero-order chi connectivity index (χ0) is 10.5. The molecule has 0 aromatic carbocycles. The van der Waals surface area contributed by atoms with Crippen molar-refractivity contribution < 1.29 is 13.2 Å².